The molecule has 2 aromatic heterocycles. The molecule has 0 bridgehead atoms. The number of aromatic nitrogens is 3. The second-order valence-electron chi connectivity index (χ2n) is 5.46. The number of esters is 1. The maximum absolute atomic E-state index is 12.1. The normalized spacial score (nSPS) is 10.6. The van der Waals surface area contributed by atoms with E-state index in [1.165, 1.54) is 0 Å². The first-order valence-electron chi connectivity index (χ1n) is 7.19. The summed E-state index contributed by atoms with van der Waals surface area (Å²) in [7, 11) is 5.67. The quantitative estimate of drug-likeness (QED) is 0.789. The second-order valence-corrected chi connectivity index (χ2v) is 5.46. The van der Waals surface area contributed by atoms with E-state index in [0.29, 0.717) is 18.6 Å². The van der Waals surface area contributed by atoms with Gasteiger partial charge in [-0.15, -0.1) is 0 Å². The third-order valence-electron chi connectivity index (χ3n) is 3.68. The molecular formula is C16H22N4O2. The van der Waals surface area contributed by atoms with Gasteiger partial charge < -0.3 is 9.64 Å². The van der Waals surface area contributed by atoms with Crippen LogP contribution >= 0.6 is 0 Å². The van der Waals surface area contributed by atoms with Crippen molar-refractivity contribution in [2.45, 2.75) is 20.3 Å². The van der Waals surface area contributed by atoms with Crippen molar-refractivity contribution in [2.75, 3.05) is 25.6 Å². The Labute approximate surface area is 130 Å². The van der Waals surface area contributed by atoms with Gasteiger partial charge in [0.05, 0.1) is 17.9 Å². The Bertz CT molecular complexity index is 677. The molecule has 6 nitrogen and oxygen atoms in total. The summed E-state index contributed by atoms with van der Waals surface area (Å²) in [5.74, 6) is 0.401. The number of nitrogens with zero attached hydrogens (tertiary/aromatic N) is 4. The lowest BCUT2D eigenvalue weighted by Gasteiger charge is -2.12. The van der Waals surface area contributed by atoms with Crippen LogP contribution in [-0.2, 0) is 18.2 Å². The third-order valence-corrected chi connectivity index (χ3v) is 3.68. The fourth-order valence-corrected chi connectivity index (χ4v) is 2.30. The predicted molar refractivity (Wildman–Crippen MR) is 85.2 cm³/mol. The van der Waals surface area contributed by atoms with E-state index in [0.717, 1.165) is 22.8 Å². The molecule has 0 radical (unpaired) electrons. The molecule has 0 saturated heterocycles. The molecule has 0 amide bonds. The summed E-state index contributed by atoms with van der Waals surface area (Å²) >= 11 is 0. The molecule has 0 aromatic carbocycles. The van der Waals surface area contributed by atoms with Crippen molar-refractivity contribution in [3.8, 4) is 0 Å². The van der Waals surface area contributed by atoms with E-state index in [1.54, 1.807) is 18.3 Å². The van der Waals surface area contributed by atoms with Gasteiger partial charge in [0.1, 0.15) is 5.82 Å². The molecule has 22 heavy (non-hydrogen) atoms. The van der Waals surface area contributed by atoms with E-state index in [9.17, 15) is 4.79 Å². The number of hydrogen-bond donors (Lipinski definition) is 0. The average molecular weight is 302 g/mol. The van der Waals surface area contributed by atoms with Crippen LogP contribution < -0.4 is 4.90 Å². The van der Waals surface area contributed by atoms with Gasteiger partial charge in [0.15, 0.2) is 0 Å². The van der Waals surface area contributed by atoms with E-state index < -0.39 is 0 Å². The van der Waals surface area contributed by atoms with Crippen LogP contribution in [-0.4, -0.2) is 41.4 Å². The highest BCUT2D eigenvalue weighted by Gasteiger charge is 2.12. The molecule has 0 spiro atoms. The molecule has 0 saturated carbocycles. The smallest absolute Gasteiger partial charge is 0.338 e. The highest BCUT2D eigenvalue weighted by Crippen LogP contribution is 2.14. The minimum Gasteiger partial charge on any atom is -0.462 e. The SMILES string of the molecule is Cc1nn(C)c(C)c1CCOC(=O)c1ccnc(N(C)C)c1. The molecule has 0 aliphatic heterocycles. The number of aryl methyl sites for hydroxylation is 2. The molecule has 0 N–H and O–H groups in total. The second kappa shape index (κ2) is 6.60. The van der Waals surface area contributed by atoms with Gasteiger partial charge in [0.25, 0.3) is 0 Å². The number of ether oxygens (including phenoxy) is 1. The van der Waals surface area contributed by atoms with Crippen LogP contribution in [0.15, 0.2) is 18.3 Å². The highest BCUT2D eigenvalue weighted by molar-refractivity contribution is 5.90. The zero-order valence-corrected chi connectivity index (χ0v) is 13.8. The summed E-state index contributed by atoms with van der Waals surface area (Å²) in [5.41, 5.74) is 3.74. The number of carbonyl (C=O) groups excluding carboxylic acids is 1. The maximum atomic E-state index is 12.1. The Hall–Kier alpha value is -2.37. The summed E-state index contributed by atoms with van der Waals surface area (Å²) < 4.78 is 7.21. The Morgan fingerprint density at radius 2 is 2.09 bits per heavy atom. The Morgan fingerprint density at radius 3 is 2.68 bits per heavy atom. The van der Waals surface area contributed by atoms with Crippen LogP contribution in [0.4, 0.5) is 5.82 Å². The first-order chi connectivity index (χ1) is 10.4. The number of anilines is 1. The summed E-state index contributed by atoms with van der Waals surface area (Å²) in [4.78, 5) is 18.1. The summed E-state index contributed by atoms with van der Waals surface area (Å²) in [6.45, 7) is 4.32. The monoisotopic (exact) mass is 302 g/mol. The lowest BCUT2D eigenvalue weighted by atomic mass is 10.1. The van der Waals surface area contributed by atoms with Crippen molar-refractivity contribution in [1.82, 2.24) is 14.8 Å². The van der Waals surface area contributed by atoms with E-state index in [4.69, 9.17) is 4.74 Å². The fraction of sp³-hybridized carbons (Fsp3) is 0.438. The molecule has 0 aliphatic rings. The minimum absolute atomic E-state index is 0.329. The first-order valence-corrected chi connectivity index (χ1v) is 7.19. The molecule has 118 valence electrons. The van der Waals surface area contributed by atoms with Crippen LogP contribution in [0, 0.1) is 13.8 Å². The number of carbonyl (C=O) groups is 1. The van der Waals surface area contributed by atoms with Crippen molar-refractivity contribution >= 4 is 11.8 Å². The third kappa shape index (κ3) is 3.44. The Morgan fingerprint density at radius 1 is 1.36 bits per heavy atom. The number of hydrogen-bond acceptors (Lipinski definition) is 5. The standard InChI is InChI=1S/C16H22N4O2/c1-11-14(12(2)20(5)18-11)7-9-22-16(21)13-6-8-17-15(10-13)19(3)4/h6,8,10H,7,9H2,1-5H3. The summed E-state index contributed by atoms with van der Waals surface area (Å²) in [5, 5.41) is 4.36. The van der Waals surface area contributed by atoms with Crippen LogP contribution in [0.3, 0.4) is 0 Å². The van der Waals surface area contributed by atoms with Crippen LogP contribution in [0.1, 0.15) is 27.3 Å². The number of rotatable bonds is 5. The summed E-state index contributed by atoms with van der Waals surface area (Å²) in [6.07, 6.45) is 2.28. The van der Waals surface area contributed by atoms with Gasteiger partial charge in [0, 0.05) is 39.5 Å². The lowest BCUT2D eigenvalue weighted by Crippen LogP contribution is -2.13. The van der Waals surface area contributed by atoms with Crippen molar-refractivity contribution in [1.29, 1.82) is 0 Å². The van der Waals surface area contributed by atoms with Crippen molar-refractivity contribution < 1.29 is 9.53 Å². The van der Waals surface area contributed by atoms with E-state index in [2.05, 4.69) is 10.1 Å². The van der Waals surface area contributed by atoms with E-state index >= 15 is 0 Å². The average Bonchev–Trinajstić information content (AvgIpc) is 2.73. The van der Waals surface area contributed by atoms with Gasteiger partial charge in [0.2, 0.25) is 0 Å². The van der Waals surface area contributed by atoms with Crippen molar-refractivity contribution in [3.63, 3.8) is 0 Å². The summed E-state index contributed by atoms with van der Waals surface area (Å²) in [6, 6.07) is 3.39. The predicted octanol–water partition coefficient (Wildman–Crippen LogP) is 1.90. The van der Waals surface area contributed by atoms with Gasteiger partial charge in [-0.25, -0.2) is 9.78 Å². The zero-order chi connectivity index (χ0) is 16.3. The largest absolute Gasteiger partial charge is 0.462 e. The highest BCUT2D eigenvalue weighted by atomic mass is 16.5. The maximum Gasteiger partial charge on any atom is 0.338 e. The number of pyridine rings is 1. The molecule has 0 aliphatic carbocycles. The molecule has 2 aromatic rings. The van der Waals surface area contributed by atoms with E-state index in [1.807, 2.05) is 44.6 Å². The van der Waals surface area contributed by atoms with Crippen LogP contribution in [0.25, 0.3) is 0 Å². The zero-order valence-electron chi connectivity index (χ0n) is 13.8. The molecule has 2 rings (SSSR count). The molecule has 0 atom stereocenters. The van der Waals surface area contributed by atoms with Crippen molar-refractivity contribution in [3.05, 3.63) is 40.8 Å². The van der Waals surface area contributed by atoms with Gasteiger partial charge in [-0.2, -0.15) is 5.10 Å². The van der Waals surface area contributed by atoms with Gasteiger partial charge in [-0.05, 0) is 31.5 Å². The molecule has 0 fully saturated rings. The van der Waals surface area contributed by atoms with Crippen molar-refractivity contribution in [2.24, 2.45) is 7.05 Å². The Kier molecular flexibility index (Phi) is 4.80. The molecule has 0 unspecified atom stereocenters. The van der Waals surface area contributed by atoms with Gasteiger partial charge >= 0.3 is 5.97 Å². The molecule has 2 heterocycles. The Balaban J connectivity index is 1.97. The van der Waals surface area contributed by atoms with Gasteiger partial charge in [-0.3, -0.25) is 4.68 Å². The minimum atomic E-state index is -0.329. The van der Waals surface area contributed by atoms with Crippen LogP contribution in [0.2, 0.25) is 0 Å². The first kappa shape index (κ1) is 16.0. The topological polar surface area (TPSA) is 60.3 Å². The lowest BCUT2D eigenvalue weighted by molar-refractivity contribution is 0.0509. The molecular weight excluding hydrogens is 280 g/mol. The van der Waals surface area contributed by atoms with E-state index in [-0.39, 0.29) is 5.97 Å². The van der Waals surface area contributed by atoms with Gasteiger partial charge in [-0.1, -0.05) is 0 Å². The van der Waals surface area contributed by atoms with Crippen LogP contribution in [0.5, 0.6) is 0 Å². The molecule has 6 heteroatoms. The fourth-order valence-electron chi connectivity index (χ4n) is 2.30.